The zero-order chi connectivity index (χ0) is 57.4. The van der Waals surface area contributed by atoms with Gasteiger partial charge in [-0.25, -0.2) is 8.78 Å². The largest absolute Gasteiger partial charge is 0.507 e. The maximum Gasteiger partial charge on any atom is 0.147 e. The Balaban J connectivity index is 0.918. The molecule has 2 N–H and O–H groups in total. The first-order valence-electron chi connectivity index (χ1n) is 30.6. The number of phenols is 2. The van der Waals surface area contributed by atoms with E-state index in [0.29, 0.717) is 65.5 Å². The van der Waals surface area contributed by atoms with Crippen molar-refractivity contribution in [1.82, 2.24) is 4.57 Å². The highest BCUT2D eigenvalue weighted by Gasteiger charge is 2.35. The minimum Gasteiger partial charge on any atom is -0.507 e. The Kier molecular flexibility index (Phi) is 18.2. The minimum atomic E-state index is -0.427. The van der Waals surface area contributed by atoms with Crippen LogP contribution in [0.3, 0.4) is 0 Å². The first-order chi connectivity index (χ1) is 39.8. The van der Waals surface area contributed by atoms with Crippen LogP contribution < -0.4 is 9.47 Å². The van der Waals surface area contributed by atoms with Gasteiger partial charge in [-0.15, -0.1) is 0 Å². The van der Waals surface area contributed by atoms with Crippen molar-refractivity contribution >= 4 is 21.8 Å². The number of rotatable bonds is 27. The van der Waals surface area contributed by atoms with Crippen molar-refractivity contribution in [3.8, 4) is 62.1 Å². The van der Waals surface area contributed by atoms with E-state index in [4.69, 9.17) is 9.47 Å². The minimum absolute atomic E-state index is 0.0486. The maximum atomic E-state index is 15.6. The Morgan fingerprint density at radius 2 is 0.841 bits per heavy atom. The van der Waals surface area contributed by atoms with Crippen molar-refractivity contribution in [1.29, 1.82) is 0 Å². The van der Waals surface area contributed by atoms with E-state index in [9.17, 15) is 10.2 Å². The second-order valence-electron chi connectivity index (χ2n) is 24.3. The lowest BCUT2D eigenvalue weighted by Gasteiger charge is -2.29. The van der Waals surface area contributed by atoms with Gasteiger partial charge >= 0.3 is 0 Å². The van der Waals surface area contributed by atoms with Crippen molar-refractivity contribution in [3.63, 3.8) is 0 Å². The summed E-state index contributed by atoms with van der Waals surface area (Å²) in [4.78, 5) is 0. The smallest absolute Gasteiger partial charge is 0.147 e. The molecule has 1 aromatic heterocycles. The summed E-state index contributed by atoms with van der Waals surface area (Å²) in [7, 11) is 0. The fourth-order valence-corrected chi connectivity index (χ4v) is 12.8. The van der Waals surface area contributed by atoms with Crippen LogP contribution in [-0.4, -0.2) is 28.0 Å². The standard InChI is InChI=1S/C75H83F2NO4/c1-7-9-11-13-15-25-41-74(3,4)51-45-63(72(79)65(47-51)71-59-33-19-17-29-55(59)56-30-18-20-34-60(56)71)61-49-53(76)37-39-69(61)81-43-27-28-44-82-70-40-38-54(77)50-62(70)64-46-52(75(5,6)42-26-16-14-12-10-8-2)48-68(73(64)80)78-66-35-23-21-31-57(66)58-32-22-24-36-67(58)78/h17-24,29-40,45-50,71,79-80H,7-16,25-28,41-44H2,1-6H3. The highest BCUT2D eigenvalue weighted by atomic mass is 19.1. The van der Waals surface area contributed by atoms with Crippen LogP contribution in [-0.2, 0) is 10.8 Å². The lowest BCUT2D eigenvalue weighted by atomic mass is 9.76. The molecule has 7 heteroatoms. The number of halogens is 2. The van der Waals surface area contributed by atoms with Crippen molar-refractivity contribution in [3.05, 3.63) is 197 Å². The summed E-state index contributed by atoms with van der Waals surface area (Å²) in [5, 5.41) is 27.5. The SMILES string of the molecule is CCCCCCCCC(C)(C)c1cc(-c2cc(F)ccc2OCCCCOc2ccc(F)cc2-c2cc(C(C)(C)CCCCCCCC)cc(-n3c4ccccc4c4ccccc43)c2O)c(O)c(C2c3ccccc3-c3ccccc32)c1. The normalized spacial score (nSPS) is 12.6. The third-order valence-electron chi connectivity index (χ3n) is 17.6. The zero-order valence-corrected chi connectivity index (χ0v) is 49.2. The van der Waals surface area contributed by atoms with Crippen LogP contribution in [0.15, 0.2) is 158 Å². The number of hydrogen-bond acceptors (Lipinski definition) is 4. The summed E-state index contributed by atoms with van der Waals surface area (Å²) in [5.41, 5.74) is 11.7. The van der Waals surface area contributed by atoms with Crippen LogP contribution in [0.4, 0.5) is 8.78 Å². The molecule has 5 nitrogen and oxygen atoms in total. The average Bonchev–Trinajstić information content (AvgIpc) is 3.59. The van der Waals surface area contributed by atoms with Crippen LogP contribution in [0.2, 0.25) is 0 Å². The third-order valence-corrected chi connectivity index (χ3v) is 17.6. The number of hydrogen-bond donors (Lipinski definition) is 2. The number of aromatic nitrogens is 1. The molecule has 0 saturated carbocycles. The third kappa shape index (κ3) is 12.4. The first kappa shape index (κ1) is 57.8. The second kappa shape index (κ2) is 25.8. The summed E-state index contributed by atoms with van der Waals surface area (Å²) < 4.78 is 46.6. The van der Waals surface area contributed by atoms with Crippen LogP contribution in [0.5, 0.6) is 23.0 Å². The monoisotopic (exact) mass is 1100 g/mol. The van der Waals surface area contributed by atoms with E-state index >= 15 is 8.78 Å². The number of nitrogens with zero attached hydrogens (tertiary/aromatic N) is 1. The molecule has 0 fully saturated rings. The van der Waals surface area contributed by atoms with Gasteiger partial charge in [-0.05, 0) is 137 Å². The molecule has 1 aliphatic carbocycles. The van der Waals surface area contributed by atoms with E-state index in [1.807, 2.05) is 30.3 Å². The molecule has 0 saturated heterocycles. The summed E-state index contributed by atoms with van der Waals surface area (Å²) in [6.45, 7) is 14.2. The fraction of sp³-hybridized carbons (Fsp3) is 0.360. The molecule has 0 atom stereocenters. The van der Waals surface area contributed by atoms with E-state index < -0.39 is 11.6 Å². The molecule has 0 amide bonds. The van der Waals surface area contributed by atoms with Gasteiger partial charge in [0, 0.05) is 44.5 Å². The Morgan fingerprint density at radius 1 is 0.415 bits per heavy atom. The van der Waals surface area contributed by atoms with Gasteiger partial charge in [-0.2, -0.15) is 0 Å². The number of fused-ring (bicyclic) bond motifs is 6. The molecule has 426 valence electrons. The van der Waals surface area contributed by atoms with Crippen LogP contribution in [0.25, 0.3) is 60.9 Å². The highest BCUT2D eigenvalue weighted by molar-refractivity contribution is 6.09. The second-order valence-corrected chi connectivity index (χ2v) is 24.3. The van der Waals surface area contributed by atoms with E-state index in [2.05, 4.69) is 137 Å². The molecule has 0 bridgehead atoms. The molecule has 82 heavy (non-hydrogen) atoms. The molecule has 0 unspecified atom stereocenters. The van der Waals surface area contributed by atoms with Crippen LogP contribution in [0.1, 0.15) is 178 Å². The predicted molar refractivity (Wildman–Crippen MR) is 336 cm³/mol. The zero-order valence-electron chi connectivity index (χ0n) is 49.2. The summed E-state index contributed by atoms with van der Waals surface area (Å²) in [6, 6.07) is 51.0. The van der Waals surface area contributed by atoms with Gasteiger partial charge in [0.2, 0.25) is 0 Å². The fourth-order valence-electron chi connectivity index (χ4n) is 12.8. The highest BCUT2D eigenvalue weighted by Crippen LogP contribution is 2.54. The predicted octanol–water partition coefficient (Wildman–Crippen LogP) is 21.3. The van der Waals surface area contributed by atoms with Gasteiger partial charge in [0.1, 0.15) is 34.6 Å². The summed E-state index contributed by atoms with van der Waals surface area (Å²) in [5.74, 6) is 0.0601. The molecular weight excluding hydrogens is 1020 g/mol. The summed E-state index contributed by atoms with van der Waals surface area (Å²) in [6.07, 6.45) is 17.5. The van der Waals surface area contributed by atoms with Crippen molar-refractivity contribution in [2.24, 2.45) is 0 Å². The van der Waals surface area contributed by atoms with E-state index in [1.165, 1.54) is 82.1 Å². The van der Waals surface area contributed by atoms with E-state index in [1.54, 1.807) is 12.1 Å². The van der Waals surface area contributed by atoms with E-state index in [0.717, 1.165) is 92.9 Å². The van der Waals surface area contributed by atoms with Gasteiger partial charge in [0.25, 0.3) is 0 Å². The Bertz CT molecular complexity index is 3560. The molecule has 10 rings (SSSR count). The Hall–Kier alpha value is -7.38. The maximum absolute atomic E-state index is 15.6. The Labute approximate surface area is 486 Å². The first-order valence-corrected chi connectivity index (χ1v) is 30.6. The average molecular weight is 1100 g/mol. The van der Waals surface area contributed by atoms with Gasteiger partial charge < -0.3 is 24.3 Å². The lowest BCUT2D eigenvalue weighted by Crippen LogP contribution is -2.18. The molecule has 0 aliphatic heterocycles. The molecule has 1 heterocycles. The van der Waals surface area contributed by atoms with Crippen molar-refractivity contribution in [2.75, 3.05) is 13.2 Å². The van der Waals surface area contributed by atoms with Crippen molar-refractivity contribution in [2.45, 2.75) is 161 Å². The topological polar surface area (TPSA) is 63.9 Å². The summed E-state index contributed by atoms with van der Waals surface area (Å²) >= 11 is 0. The number of aromatic hydroxyl groups is 2. The van der Waals surface area contributed by atoms with Crippen molar-refractivity contribution < 1.29 is 28.5 Å². The number of para-hydroxylation sites is 2. The number of unbranched alkanes of at least 4 members (excludes halogenated alkanes) is 11. The molecule has 9 aromatic rings. The molecule has 1 aliphatic rings. The number of benzene rings is 8. The molecule has 0 spiro atoms. The van der Waals surface area contributed by atoms with Gasteiger partial charge in [0.05, 0.1) is 29.9 Å². The van der Waals surface area contributed by atoms with Gasteiger partial charge in [-0.3, -0.25) is 0 Å². The van der Waals surface area contributed by atoms with E-state index in [-0.39, 0.29) is 28.2 Å². The molecular formula is C75H83F2NO4. The quantitative estimate of drug-likeness (QED) is 0.0504. The van der Waals surface area contributed by atoms with Gasteiger partial charge in [-0.1, -0.05) is 210 Å². The number of phenolic OH excluding ortho intramolecular Hbond substituents is 2. The molecule has 8 aromatic carbocycles. The number of ether oxygens (including phenoxy) is 2. The van der Waals surface area contributed by atoms with Crippen LogP contribution in [0, 0.1) is 11.6 Å². The van der Waals surface area contributed by atoms with Crippen LogP contribution >= 0.6 is 0 Å². The molecule has 0 radical (unpaired) electrons. The van der Waals surface area contributed by atoms with Gasteiger partial charge in [0.15, 0.2) is 0 Å². The lowest BCUT2D eigenvalue weighted by molar-refractivity contribution is 0.267. The Morgan fingerprint density at radius 3 is 1.34 bits per heavy atom.